The van der Waals surface area contributed by atoms with E-state index in [2.05, 4.69) is 10.3 Å². The predicted octanol–water partition coefficient (Wildman–Crippen LogP) is 3.95. The zero-order valence-electron chi connectivity index (χ0n) is 14.2. The molecule has 2 aromatic carbocycles. The van der Waals surface area contributed by atoms with Gasteiger partial charge in [-0.1, -0.05) is 6.07 Å². The van der Waals surface area contributed by atoms with E-state index in [4.69, 9.17) is 4.74 Å². The monoisotopic (exact) mass is 376 g/mol. The fourth-order valence-electron chi connectivity index (χ4n) is 2.70. The Morgan fingerprint density at radius 1 is 1.11 bits per heavy atom. The molecule has 0 spiro atoms. The van der Waals surface area contributed by atoms with Gasteiger partial charge < -0.3 is 15.0 Å². The number of anilines is 1. The number of benzene rings is 2. The number of alkyl halides is 3. The number of methoxy groups -OCH3 is 1. The van der Waals surface area contributed by atoms with Crippen LogP contribution in [0.3, 0.4) is 0 Å². The standard InChI is InChI=1S/C19H15F3N2O3/c1-27-10-12-8-17(25)24-16-9-14(6-7-15(12)16)23-18(26)11-2-4-13(5-3-11)19(20,21)22/h2-9H,10H2,1H3,(H,23,26)(H,24,25). The van der Waals surface area contributed by atoms with Gasteiger partial charge >= 0.3 is 6.18 Å². The number of pyridine rings is 1. The van der Waals surface area contributed by atoms with Crippen LogP contribution in [0.1, 0.15) is 21.5 Å². The van der Waals surface area contributed by atoms with E-state index in [0.29, 0.717) is 16.8 Å². The summed E-state index contributed by atoms with van der Waals surface area (Å²) >= 11 is 0. The van der Waals surface area contributed by atoms with Crippen LogP contribution in [0.4, 0.5) is 18.9 Å². The first-order valence-electron chi connectivity index (χ1n) is 7.91. The Morgan fingerprint density at radius 2 is 1.81 bits per heavy atom. The molecule has 8 heteroatoms. The number of rotatable bonds is 4. The summed E-state index contributed by atoms with van der Waals surface area (Å²) in [5.74, 6) is -0.557. The Kier molecular flexibility index (Phi) is 5.00. The quantitative estimate of drug-likeness (QED) is 0.724. The fraction of sp³-hybridized carbons (Fsp3) is 0.158. The lowest BCUT2D eigenvalue weighted by atomic mass is 10.1. The molecule has 0 aliphatic carbocycles. The van der Waals surface area contributed by atoms with Crippen molar-refractivity contribution in [2.75, 3.05) is 12.4 Å². The van der Waals surface area contributed by atoms with Crippen LogP contribution < -0.4 is 10.9 Å². The third-order valence-corrected chi connectivity index (χ3v) is 3.96. The summed E-state index contributed by atoms with van der Waals surface area (Å²) in [5, 5.41) is 3.37. The Labute approximate surface area is 151 Å². The highest BCUT2D eigenvalue weighted by Crippen LogP contribution is 2.29. The highest BCUT2D eigenvalue weighted by Gasteiger charge is 2.30. The molecule has 140 valence electrons. The molecular weight excluding hydrogens is 361 g/mol. The molecule has 2 N–H and O–H groups in total. The molecule has 0 bridgehead atoms. The van der Waals surface area contributed by atoms with Crippen LogP contribution in [0.5, 0.6) is 0 Å². The van der Waals surface area contributed by atoms with E-state index in [0.717, 1.165) is 29.7 Å². The first-order valence-corrected chi connectivity index (χ1v) is 7.91. The molecule has 1 amide bonds. The van der Waals surface area contributed by atoms with Gasteiger partial charge in [0.15, 0.2) is 0 Å². The van der Waals surface area contributed by atoms with Gasteiger partial charge in [0.05, 0.1) is 17.7 Å². The van der Waals surface area contributed by atoms with E-state index in [9.17, 15) is 22.8 Å². The van der Waals surface area contributed by atoms with Crippen LogP contribution in [-0.4, -0.2) is 18.0 Å². The number of carbonyl (C=O) groups excluding carboxylic acids is 1. The number of nitrogens with one attached hydrogen (secondary N) is 2. The first kappa shape index (κ1) is 18.7. The molecule has 0 atom stereocenters. The number of ether oxygens (including phenoxy) is 1. The summed E-state index contributed by atoms with van der Waals surface area (Å²) < 4.78 is 42.9. The molecule has 0 unspecified atom stereocenters. The second kappa shape index (κ2) is 7.24. The van der Waals surface area contributed by atoms with E-state index >= 15 is 0 Å². The number of amides is 1. The second-order valence-corrected chi connectivity index (χ2v) is 5.88. The van der Waals surface area contributed by atoms with Crippen LogP contribution in [0.15, 0.2) is 53.3 Å². The van der Waals surface area contributed by atoms with Crippen LogP contribution in [0.25, 0.3) is 10.9 Å². The van der Waals surface area contributed by atoms with E-state index in [-0.39, 0.29) is 17.7 Å². The topological polar surface area (TPSA) is 71.2 Å². The normalized spacial score (nSPS) is 11.6. The van der Waals surface area contributed by atoms with Crippen LogP contribution in [0.2, 0.25) is 0 Å². The van der Waals surface area contributed by atoms with E-state index in [1.165, 1.54) is 13.2 Å². The number of aromatic amines is 1. The van der Waals surface area contributed by atoms with Gasteiger partial charge in [-0.3, -0.25) is 9.59 Å². The number of hydrogen-bond donors (Lipinski definition) is 2. The van der Waals surface area contributed by atoms with Crippen molar-refractivity contribution in [3.05, 3.63) is 75.6 Å². The highest BCUT2D eigenvalue weighted by molar-refractivity contribution is 6.05. The van der Waals surface area contributed by atoms with E-state index in [1.54, 1.807) is 18.2 Å². The zero-order chi connectivity index (χ0) is 19.6. The lowest BCUT2D eigenvalue weighted by Crippen LogP contribution is -2.13. The molecule has 0 aliphatic rings. The minimum atomic E-state index is -4.46. The van der Waals surface area contributed by atoms with Gasteiger partial charge in [0.2, 0.25) is 5.56 Å². The lowest BCUT2D eigenvalue weighted by Gasteiger charge is -2.10. The van der Waals surface area contributed by atoms with Gasteiger partial charge in [0, 0.05) is 29.8 Å². The van der Waals surface area contributed by atoms with Crippen LogP contribution in [-0.2, 0) is 17.5 Å². The number of carbonyl (C=O) groups is 1. The second-order valence-electron chi connectivity index (χ2n) is 5.88. The van der Waals surface area contributed by atoms with Crippen molar-refractivity contribution in [2.24, 2.45) is 0 Å². The Balaban J connectivity index is 1.86. The molecule has 0 saturated heterocycles. The average molecular weight is 376 g/mol. The summed E-state index contributed by atoms with van der Waals surface area (Å²) in [6.07, 6.45) is -4.46. The number of halogens is 3. The molecule has 3 aromatic rings. The molecule has 0 fully saturated rings. The maximum Gasteiger partial charge on any atom is 0.416 e. The number of hydrogen-bond acceptors (Lipinski definition) is 3. The number of H-pyrrole nitrogens is 1. The minimum absolute atomic E-state index is 0.0877. The summed E-state index contributed by atoms with van der Waals surface area (Å²) in [4.78, 5) is 26.7. The van der Waals surface area contributed by atoms with Crippen molar-refractivity contribution >= 4 is 22.5 Å². The third kappa shape index (κ3) is 4.17. The third-order valence-electron chi connectivity index (χ3n) is 3.96. The molecule has 1 aromatic heterocycles. The van der Waals surface area contributed by atoms with Gasteiger partial charge in [-0.25, -0.2) is 0 Å². The maximum atomic E-state index is 12.6. The Hall–Kier alpha value is -3.13. The molecule has 5 nitrogen and oxygen atoms in total. The number of fused-ring (bicyclic) bond motifs is 1. The van der Waals surface area contributed by atoms with Crippen molar-refractivity contribution < 1.29 is 22.7 Å². The van der Waals surface area contributed by atoms with Gasteiger partial charge in [-0.05, 0) is 42.0 Å². The van der Waals surface area contributed by atoms with Crippen LogP contribution >= 0.6 is 0 Å². The molecule has 0 radical (unpaired) electrons. The molecule has 1 heterocycles. The van der Waals surface area contributed by atoms with Gasteiger partial charge in [0.1, 0.15) is 0 Å². The number of aromatic nitrogens is 1. The lowest BCUT2D eigenvalue weighted by molar-refractivity contribution is -0.137. The molecular formula is C19H15F3N2O3. The summed E-state index contributed by atoms with van der Waals surface area (Å²) in [6, 6.07) is 10.3. The smallest absolute Gasteiger partial charge is 0.380 e. The zero-order valence-corrected chi connectivity index (χ0v) is 14.2. The first-order chi connectivity index (χ1) is 12.8. The average Bonchev–Trinajstić information content (AvgIpc) is 2.61. The van der Waals surface area contributed by atoms with Crippen molar-refractivity contribution in [3.8, 4) is 0 Å². The van der Waals surface area contributed by atoms with Crippen molar-refractivity contribution in [2.45, 2.75) is 12.8 Å². The predicted molar refractivity (Wildman–Crippen MR) is 94.7 cm³/mol. The largest absolute Gasteiger partial charge is 0.416 e. The molecule has 0 saturated carbocycles. The highest BCUT2D eigenvalue weighted by atomic mass is 19.4. The Bertz CT molecular complexity index is 1040. The van der Waals surface area contributed by atoms with Crippen molar-refractivity contribution in [3.63, 3.8) is 0 Å². The van der Waals surface area contributed by atoms with Gasteiger partial charge in [-0.2, -0.15) is 13.2 Å². The summed E-state index contributed by atoms with van der Waals surface area (Å²) in [5.41, 5.74) is 0.577. The molecule has 0 aliphatic heterocycles. The summed E-state index contributed by atoms with van der Waals surface area (Å²) in [7, 11) is 1.52. The van der Waals surface area contributed by atoms with Gasteiger partial charge in [0.25, 0.3) is 5.91 Å². The van der Waals surface area contributed by atoms with E-state index < -0.39 is 17.6 Å². The SMILES string of the molecule is COCc1cc(=O)[nH]c2cc(NC(=O)c3ccc(C(F)(F)F)cc3)ccc12. The van der Waals surface area contributed by atoms with Gasteiger partial charge in [-0.15, -0.1) is 0 Å². The maximum absolute atomic E-state index is 12.6. The minimum Gasteiger partial charge on any atom is -0.380 e. The molecule has 27 heavy (non-hydrogen) atoms. The van der Waals surface area contributed by atoms with Crippen molar-refractivity contribution in [1.82, 2.24) is 4.98 Å². The Morgan fingerprint density at radius 3 is 2.44 bits per heavy atom. The molecule has 3 rings (SSSR count). The van der Waals surface area contributed by atoms with Crippen LogP contribution in [0, 0.1) is 0 Å². The fourth-order valence-corrected chi connectivity index (χ4v) is 2.70. The van der Waals surface area contributed by atoms with E-state index in [1.807, 2.05) is 0 Å². The summed E-state index contributed by atoms with van der Waals surface area (Å²) in [6.45, 7) is 0.262. The van der Waals surface area contributed by atoms with Crippen molar-refractivity contribution in [1.29, 1.82) is 0 Å².